The Kier molecular flexibility index (Phi) is 4.23. The van der Waals surface area contributed by atoms with Crippen LogP contribution < -0.4 is 5.63 Å². The van der Waals surface area contributed by atoms with E-state index in [1.54, 1.807) is 30.3 Å². The molecule has 2 aromatic heterocycles. The molecule has 4 rings (SSSR count). The minimum atomic E-state index is -0.502. The number of aromatic nitrogens is 1. The van der Waals surface area contributed by atoms with Crippen LogP contribution in [0.25, 0.3) is 32.8 Å². The number of aryl methyl sites for hydroxylation is 1. The fourth-order valence-electron chi connectivity index (χ4n) is 2.67. The molecule has 0 unspecified atom stereocenters. The van der Waals surface area contributed by atoms with Gasteiger partial charge in [-0.25, -0.2) is 9.78 Å². The molecule has 0 radical (unpaired) electrons. The van der Waals surface area contributed by atoms with E-state index in [0.717, 1.165) is 16.1 Å². The third-order valence-electron chi connectivity index (χ3n) is 3.94. The van der Waals surface area contributed by atoms with E-state index in [9.17, 15) is 9.90 Å². The van der Waals surface area contributed by atoms with Crippen LogP contribution in [0.3, 0.4) is 0 Å². The van der Waals surface area contributed by atoms with Gasteiger partial charge < -0.3 is 9.52 Å². The van der Waals surface area contributed by atoms with Crippen molar-refractivity contribution in [2.45, 2.75) is 6.92 Å². The normalized spacial score (nSPS) is 11.2. The second-order valence-corrected chi connectivity index (χ2v) is 7.74. The number of fused-ring (bicyclic) bond motifs is 1. The maximum atomic E-state index is 12.4. The number of nitrogens with zero attached hydrogens (tertiary/aromatic N) is 1. The molecule has 0 spiro atoms. The number of rotatable bonds is 2. The zero-order valence-electron chi connectivity index (χ0n) is 13.4. The number of phenolic OH excluding ortho intramolecular Hbond substituents is 1. The molecule has 4 aromatic rings. The third-order valence-corrected chi connectivity index (χ3v) is 5.68. The zero-order chi connectivity index (χ0) is 18.4. The molecule has 4 nitrogen and oxygen atoms in total. The van der Waals surface area contributed by atoms with Crippen molar-refractivity contribution in [3.05, 3.63) is 67.8 Å². The van der Waals surface area contributed by atoms with E-state index >= 15 is 0 Å². The van der Waals surface area contributed by atoms with Crippen LogP contribution >= 0.6 is 34.5 Å². The second-order valence-electron chi connectivity index (χ2n) is 5.72. The van der Waals surface area contributed by atoms with Gasteiger partial charge in [-0.05, 0) is 37.3 Å². The molecule has 0 aliphatic heterocycles. The summed E-state index contributed by atoms with van der Waals surface area (Å²) >= 11 is 13.5. The van der Waals surface area contributed by atoms with Gasteiger partial charge in [0.1, 0.15) is 16.3 Å². The number of hydrogen-bond acceptors (Lipinski definition) is 5. The lowest BCUT2D eigenvalue weighted by atomic mass is 10.1. The molecule has 0 saturated heterocycles. The van der Waals surface area contributed by atoms with E-state index < -0.39 is 5.63 Å². The monoisotopic (exact) mass is 403 g/mol. The van der Waals surface area contributed by atoms with Crippen LogP contribution in [-0.4, -0.2) is 10.1 Å². The summed E-state index contributed by atoms with van der Waals surface area (Å²) in [6.45, 7) is 1.93. The number of benzene rings is 2. The fourth-order valence-corrected chi connectivity index (χ4v) is 3.91. The quantitative estimate of drug-likeness (QED) is 0.422. The van der Waals surface area contributed by atoms with Crippen LogP contribution in [0.2, 0.25) is 10.0 Å². The molecule has 26 heavy (non-hydrogen) atoms. The average Bonchev–Trinajstić information content (AvgIpc) is 2.98. The summed E-state index contributed by atoms with van der Waals surface area (Å²) in [5.41, 5.74) is 1.78. The van der Waals surface area contributed by atoms with Crippen molar-refractivity contribution in [2.24, 2.45) is 0 Å². The van der Waals surface area contributed by atoms with Gasteiger partial charge in [0.15, 0.2) is 0 Å². The van der Waals surface area contributed by atoms with Crippen LogP contribution in [0.5, 0.6) is 5.75 Å². The first-order chi connectivity index (χ1) is 12.4. The molecule has 1 N–H and O–H groups in total. The predicted molar refractivity (Wildman–Crippen MR) is 105 cm³/mol. The van der Waals surface area contributed by atoms with E-state index in [1.807, 2.05) is 13.0 Å². The first-order valence-corrected chi connectivity index (χ1v) is 9.20. The highest BCUT2D eigenvalue weighted by molar-refractivity contribution is 7.15. The summed E-state index contributed by atoms with van der Waals surface area (Å²) in [6.07, 6.45) is 0. The highest BCUT2D eigenvalue weighted by Crippen LogP contribution is 2.35. The Bertz CT molecular complexity index is 1210. The maximum absolute atomic E-state index is 12.4. The Labute approximate surface area is 162 Å². The highest BCUT2D eigenvalue weighted by Gasteiger charge is 2.16. The molecule has 130 valence electrons. The second kappa shape index (κ2) is 6.43. The van der Waals surface area contributed by atoms with Crippen LogP contribution in [0, 0.1) is 6.92 Å². The van der Waals surface area contributed by atoms with Crippen molar-refractivity contribution in [1.29, 1.82) is 0 Å². The lowest BCUT2D eigenvalue weighted by Crippen LogP contribution is -2.02. The fraction of sp³-hybridized carbons (Fsp3) is 0.0526. The van der Waals surface area contributed by atoms with Gasteiger partial charge in [-0.1, -0.05) is 29.3 Å². The smallest absolute Gasteiger partial charge is 0.346 e. The van der Waals surface area contributed by atoms with Gasteiger partial charge in [-0.15, -0.1) is 11.3 Å². The molecule has 0 aliphatic rings. The average molecular weight is 404 g/mol. The van der Waals surface area contributed by atoms with Gasteiger partial charge in [0.05, 0.1) is 21.3 Å². The maximum Gasteiger partial charge on any atom is 0.346 e. The Morgan fingerprint density at radius 1 is 1.08 bits per heavy atom. The largest absolute Gasteiger partial charge is 0.508 e. The van der Waals surface area contributed by atoms with Crippen molar-refractivity contribution >= 4 is 45.5 Å². The standard InChI is InChI=1S/C19H11Cl2NO3S/c1-9-17(11-3-5-14(20)15(21)7-11)22-18(26-9)13-6-10-2-4-12(23)8-16(10)25-19(13)24/h2-8,23H,1H3. The van der Waals surface area contributed by atoms with Crippen molar-refractivity contribution in [3.63, 3.8) is 0 Å². The van der Waals surface area contributed by atoms with Gasteiger partial charge in [0.25, 0.3) is 0 Å². The summed E-state index contributed by atoms with van der Waals surface area (Å²) in [7, 11) is 0. The first-order valence-electron chi connectivity index (χ1n) is 7.62. The van der Waals surface area contributed by atoms with Crippen molar-refractivity contribution in [3.8, 4) is 27.6 Å². The summed E-state index contributed by atoms with van der Waals surface area (Å²) in [6, 6.07) is 11.7. The number of hydrogen-bond donors (Lipinski definition) is 1. The number of halogens is 2. The molecule has 0 aliphatic carbocycles. The van der Waals surface area contributed by atoms with E-state index in [2.05, 4.69) is 4.98 Å². The van der Waals surface area contributed by atoms with E-state index in [4.69, 9.17) is 27.6 Å². The summed E-state index contributed by atoms with van der Waals surface area (Å²) < 4.78 is 5.33. The predicted octanol–water partition coefficient (Wildman–Crippen LogP) is 5.90. The van der Waals surface area contributed by atoms with Crippen LogP contribution in [-0.2, 0) is 0 Å². The van der Waals surface area contributed by atoms with E-state index in [0.29, 0.717) is 31.6 Å². The minimum absolute atomic E-state index is 0.0420. The van der Waals surface area contributed by atoms with Crippen LogP contribution in [0.4, 0.5) is 0 Å². The summed E-state index contributed by atoms with van der Waals surface area (Å²) in [5.74, 6) is 0.0420. The van der Waals surface area contributed by atoms with E-state index in [1.165, 1.54) is 17.4 Å². The van der Waals surface area contributed by atoms with Crippen molar-refractivity contribution in [1.82, 2.24) is 4.98 Å². The molecular weight excluding hydrogens is 393 g/mol. The summed E-state index contributed by atoms with van der Waals surface area (Å²) in [4.78, 5) is 17.9. The van der Waals surface area contributed by atoms with Gasteiger partial charge in [0, 0.05) is 21.9 Å². The van der Waals surface area contributed by atoms with Gasteiger partial charge >= 0.3 is 5.63 Å². The molecule has 0 saturated carbocycles. The molecule has 0 fully saturated rings. The Balaban J connectivity index is 1.86. The van der Waals surface area contributed by atoms with Gasteiger partial charge in [-0.3, -0.25) is 0 Å². The molecule has 2 heterocycles. The Morgan fingerprint density at radius 3 is 2.65 bits per heavy atom. The summed E-state index contributed by atoms with van der Waals surface area (Å²) in [5, 5.41) is 11.7. The molecule has 0 atom stereocenters. The van der Waals surface area contributed by atoms with Gasteiger partial charge in [0.2, 0.25) is 0 Å². The minimum Gasteiger partial charge on any atom is -0.508 e. The molecule has 0 amide bonds. The third kappa shape index (κ3) is 2.98. The van der Waals surface area contributed by atoms with Crippen molar-refractivity contribution in [2.75, 3.05) is 0 Å². The number of phenols is 1. The zero-order valence-corrected chi connectivity index (χ0v) is 15.7. The topological polar surface area (TPSA) is 63.3 Å². The first kappa shape index (κ1) is 17.1. The highest BCUT2D eigenvalue weighted by atomic mass is 35.5. The van der Waals surface area contributed by atoms with Crippen LogP contribution in [0.1, 0.15) is 4.88 Å². The number of aromatic hydroxyl groups is 1. The van der Waals surface area contributed by atoms with Crippen LogP contribution in [0.15, 0.2) is 51.7 Å². The number of thiazole rings is 1. The molecular formula is C19H11Cl2NO3S. The lowest BCUT2D eigenvalue weighted by Gasteiger charge is -2.01. The lowest BCUT2D eigenvalue weighted by molar-refractivity contribution is 0.473. The van der Waals surface area contributed by atoms with Gasteiger partial charge in [-0.2, -0.15) is 0 Å². The van der Waals surface area contributed by atoms with E-state index in [-0.39, 0.29) is 5.75 Å². The molecule has 2 aromatic carbocycles. The Hall–Kier alpha value is -2.34. The Morgan fingerprint density at radius 2 is 1.88 bits per heavy atom. The molecule has 7 heteroatoms. The van der Waals surface area contributed by atoms with Crippen molar-refractivity contribution < 1.29 is 9.52 Å². The molecule has 0 bridgehead atoms. The SMILES string of the molecule is Cc1sc(-c2cc3ccc(O)cc3oc2=O)nc1-c1ccc(Cl)c(Cl)c1.